The maximum atomic E-state index is 12.7. The quantitative estimate of drug-likeness (QED) is 0.576. The van der Waals surface area contributed by atoms with Crippen LogP contribution >= 0.6 is 0 Å². The average molecular weight is 423 g/mol. The Morgan fingerprint density at radius 3 is 2.45 bits per heavy atom. The van der Waals surface area contributed by atoms with Crippen LogP contribution in [0.5, 0.6) is 11.5 Å². The van der Waals surface area contributed by atoms with Crippen LogP contribution in [0.3, 0.4) is 0 Å². The Balaban J connectivity index is 1.64. The van der Waals surface area contributed by atoms with Gasteiger partial charge in [-0.15, -0.1) is 5.10 Å². The molecule has 162 valence electrons. The first-order valence-electron chi connectivity index (χ1n) is 9.67. The average Bonchev–Trinajstić information content (AvgIpc) is 3.13. The minimum absolute atomic E-state index is 0.0412. The molecule has 0 spiro atoms. The molecule has 0 bridgehead atoms. The number of nitrogens with zero attached hydrogens (tertiary/aromatic N) is 3. The molecule has 0 aliphatic carbocycles. The van der Waals surface area contributed by atoms with Gasteiger partial charge in [0.05, 0.1) is 25.6 Å². The van der Waals surface area contributed by atoms with Gasteiger partial charge >= 0.3 is 0 Å². The predicted octanol–water partition coefficient (Wildman–Crippen LogP) is 2.48. The second-order valence-electron chi connectivity index (χ2n) is 6.96. The van der Waals surface area contributed by atoms with E-state index in [-0.39, 0.29) is 18.1 Å². The Morgan fingerprint density at radius 1 is 1.03 bits per heavy atom. The van der Waals surface area contributed by atoms with Crippen LogP contribution in [-0.4, -0.2) is 41.0 Å². The Kier molecular flexibility index (Phi) is 6.86. The molecule has 31 heavy (non-hydrogen) atoms. The van der Waals surface area contributed by atoms with E-state index < -0.39 is 5.91 Å². The highest BCUT2D eigenvalue weighted by Crippen LogP contribution is 2.29. The largest absolute Gasteiger partial charge is 0.497 e. The van der Waals surface area contributed by atoms with Gasteiger partial charge in [-0.1, -0.05) is 35.0 Å². The van der Waals surface area contributed by atoms with E-state index in [2.05, 4.69) is 20.9 Å². The Morgan fingerprint density at radius 2 is 1.77 bits per heavy atom. The number of amides is 2. The summed E-state index contributed by atoms with van der Waals surface area (Å²) in [6.07, 6.45) is 0. The number of anilines is 1. The van der Waals surface area contributed by atoms with Gasteiger partial charge in [-0.3, -0.25) is 9.59 Å². The van der Waals surface area contributed by atoms with E-state index in [0.717, 1.165) is 11.1 Å². The molecular formula is C22H25N5O4. The lowest BCUT2D eigenvalue weighted by molar-refractivity contribution is -0.122. The molecule has 0 radical (unpaired) electrons. The summed E-state index contributed by atoms with van der Waals surface area (Å²) in [5.74, 6) is 0.363. The van der Waals surface area contributed by atoms with Crippen molar-refractivity contribution in [2.24, 2.45) is 0 Å². The molecule has 0 fully saturated rings. The van der Waals surface area contributed by atoms with Crippen LogP contribution in [0.15, 0.2) is 42.5 Å². The Hall–Kier alpha value is -3.88. The summed E-state index contributed by atoms with van der Waals surface area (Å²) < 4.78 is 11.9. The van der Waals surface area contributed by atoms with Crippen molar-refractivity contribution < 1.29 is 19.1 Å². The fraction of sp³-hybridized carbons (Fsp3) is 0.273. The van der Waals surface area contributed by atoms with Crippen molar-refractivity contribution >= 4 is 17.5 Å². The molecular weight excluding hydrogens is 398 g/mol. The standard InChI is InChI=1S/C22H25N5O4/c1-14-5-7-16(8-6-14)12-23-20(28)13-27-15(2)21(25-26-27)22(29)24-18-11-17(30-3)9-10-19(18)31-4/h5-11H,12-13H2,1-4H3,(H,23,28)(H,24,29). The number of hydrogen-bond donors (Lipinski definition) is 2. The zero-order chi connectivity index (χ0) is 22.4. The molecule has 0 saturated heterocycles. The highest BCUT2D eigenvalue weighted by molar-refractivity contribution is 6.04. The van der Waals surface area contributed by atoms with Crippen molar-refractivity contribution in [3.8, 4) is 11.5 Å². The molecule has 0 atom stereocenters. The number of ether oxygens (including phenoxy) is 2. The van der Waals surface area contributed by atoms with Gasteiger partial charge in [0.2, 0.25) is 5.91 Å². The smallest absolute Gasteiger partial charge is 0.278 e. The van der Waals surface area contributed by atoms with Crippen LogP contribution in [0.2, 0.25) is 0 Å². The molecule has 9 heteroatoms. The minimum Gasteiger partial charge on any atom is -0.497 e. The van der Waals surface area contributed by atoms with Crippen LogP contribution in [0, 0.1) is 13.8 Å². The van der Waals surface area contributed by atoms with E-state index in [9.17, 15) is 9.59 Å². The normalized spacial score (nSPS) is 10.5. The zero-order valence-electron chi connectivity index (χ0n) is 17.9. The van der Waals surface area contributed by atoms with Gasteiger partial charge in [0, 0.05) is 12.6 Å². The number of nitrogens with one attached hydrogen (secondary N) is 2. The first-order chi connectivity index (χ1) is 14.9. The van der Waals surface area contributed by atoms with Crippen LogP contribution in [0.4, 0.5) is 5.69 Å². The Labute approximate surface area is 180 Å². The van der Waals surface area contributed by atoms with Crippen molar-refractivity contribution in [2.45, 2.75) is 26.9 Å². The van der Waals surface area contributed by atoms with E-state index in [0.29, 0.717) is 29.4 Å². The molecule has 1 heterocycles. The molecule has 2 aromatic carbocycles. The van der Waals surface area contributed by atoms with Crippen LogP contribution in [-0.2, 0) is 17.9 Å². The fourth-order valence-electron chi connectivity index (χ4n) is 2.91. The fourth-order valence-corrected chi connectivity index (χ4v) is 2.91. The van der Waals surface area contributed by atoms with Crippen LogP contribution in [0.1, 0.15) is 27.3 Å². The molecule has 2 N–H and O–H groups in total. The van der Waals surface area contributed by atoms with Gasteiger partial charge in [-0.25, -0.2) is 4.68 Å². The third-order valence-electron chi connectivity index (χ3n) is 4.76. The number of carbonyl (C=O) groups excluding carboxylic acids is 2. The monoisotopic (exact) mass is 423 g/mol. The molecule has 0 unspecified atom stereocenters. The first kappa shape index (κ1) is 21.8. The summed E-state index contributed by atoms with van der Waals surface area (Å²) in [4.78, 5) is 25.0. The van der Waals surface area contributed by atoms with E-state index in [1.807, 2.05) is 31.2 Å². The second-order valence-corrected chi connectivity index (χ2v) is 6.96. The molecule has 3 rings (SSSR count). The topological polar surface area (TPSA) is 107 Å². The first-order valence-corrected chi connectivity index (χ1v) is 9.67. The van der Waals surface area contributed by atoms with Gasteiger partial charge in [-0.05, 0) is 31.5 Å². The lowest BCUT2D eigenvalue weighted by atomic mass is 10.1. The van der Waals surface area contributed by atoms with Gasteiger partial charge in [0.25, 0.3) is 5.91 Å². The SMILES string of the molecule is COc1ccc(OC)c(NC(=O)c2nnn(CC(=O)NCc3ccc(C)cc3)c2C)c1. The summed E-state index contributed by atoms with van der Waals surface area (Å²) >= 11 is 0. The number of rotatable bonds is 8. The van der Waals surface area contributed by atoms with Crippen molar-refractivity contribution in [1.29, 1.82) is 0 Å². The van der Waals surface area contributed by atoms with E-state index in [1.165, 1.54) is 18.9 Å². The number of aryl methyl sites for hydroxylation is 1. The lowest BCUT2D eigenvalue weighted by Crippen LogP contribution is -2.28. The summed E-state index contributed by atoms with van der Waals surface area (Å²) in [6, 6.07) is 13.0. The van der Waals surface area contributed by atoms with Crippen molar-refractivity contribution in [2.75, 3.05) is 19.5 Å². The number of hydrogen-bond acceptors (Lipinski definition) is 6. The van der Waals surface area contributed by atoms with Gasteiger partial charge in [0.1, 0.15) is 18.0 Å². The maximum absolute atomic E-state index is 12.7. The maximum Gasteiger partial charge on any atom is 0.278 e. The van der Waals surface area contributed by atoms with Crippen molar-refractivity contribution in [3.63, 3.8) is 0 Å². The number of benzene rings is 2. The molecule has 9 nitrogen and oxygen atoms in total. The summed E-state index contributed by atoms with van der Waals surface area (Å²) in [7, 11) is 3.04. The predicted molar refractivity (Wildman–Crippen MR) is 115 cm³/mol. The molecule has 2 amide bonds. The molecule has 1 aromatic heterocycles. The zero-order valence-corrected chi connectivity index (χ0v) is 17.9. The molecule has 0 aliphatic heterocycles. The lowest BCUT2D eigenvalue weighted by Gasteiger charge is -2.11. The highest BCUT2D eigenvalue weighted by Gasteiger charge is 2.19. The van der Waals surface area contributed by atoms with Crippen molar-refractivity contribution in [1.82, 2.24) is 20.3 Å². The summed E-state index contributed by atoms with van der Waals surface area (Å²) in [5, 5.41) is 13.5. The van der Waals surface area contributed by atoms with Gasteiger partial charge < -0.3 is 20.1 Å². The van der Waals surface area contributed by atoms with E-state index >= 15 is 0 Å². The third-order valence-corrected chi connectivity index (χ3v) is 4.76. The third kappa shape index (κ3) is 5.39. The summed E-state index contributed by atoms with van der Waals surface area (Å²) in [6.45, 7) is 4.06. The second kappa shape index (κ2) is 9.75. The molecule has 3 aromatic rings. The van der Waals surface area contributed by atoms with Gasteiger partial charge in [-0.2, -0.15) is 0 Å². The van der Waals surface area contributed by atoms with Gasteiger partial charge in [0.15, 0.2) is 5.69 Å². The molecule has 0 aliphatic rings. The number of aromatic nitrogens is 3. The number of carbonyl (C=O) groups is 2. The van der Waals surface area contributed by atoms with Crippen LogP contribution < -0.4 is 20.1 Å². The van der Waals surface area contributed by atoms with Crippen LogP contribution in [0.25, 0.3) is 0 Å². The number of methoxy groups -OCH3 is 2. The van der Waals surface area contributed by atoms with E-state index in [1.54, 1.807) is 25.1 Å². The highest BCUT2D eigenvalue weighted by atomic mass is 16.5. The molecule has 0 saturated carbocycles. The minimum atomic E-state index is -0.463. The van der Waals surface area contributed by atoms with Crippen molar-refractivity contribution in [3.05, 3.63) is 65.0 Å². The Bertz CT molecular complexity index is 1080. The van der Waals surface area contributed by atoms with E-state index in [4.69, 9.17) is 9.47 Å². The summed E-state index contributed by atoms with van der Waals surface area (Å²) in [5.41, 5.74) is 3.20.